The normalized spacial score (nSPS) is 12.0. The summed E-state index contributed by atoms with van der Waals surface area (Å²) in [5.41, 5.74) is 0.386. The number of hydrogen-bond acceptors (Lipinski definition) is 5. The Bertz CT molecular complexity index is 665. The van der Waals surface area contributed by atoms with Gasteiger partial charge in [-0.05, 0) is 31.2 Å². The third-order valence-electron chi connectivity index (χ3n) is 2.96. The average molecular weight is 286 g/mol. The average Bonchev–Trinajstić information content (AvgIpc) is 2.95. The second-order valence-electron chi connectivity index (χ2n) is 4.33. The predicted molar refractivity (Wildman–Crippen MR) is 75.1 cm³/mol. The van der Waals surface area contributed by atoms with Gasteiger partial charge in [-0.3, -0.25) is 0 Å². The van der Waals surface area contributed by atoms with E-state index in [4.69, 9.17) is 18.9 Å². The van der Waals surface area contributed by atoms with Gasteiger partial charge in [0.2, 0.25) is 6.79 Å². The number of carbonyl (C=O) groups excluding carboxylic acids is 1. The fraction of sp³-hybridized carbons (Fsp3) is 0.188. The Balaban J connectivity index is 1.80. The van der Waals surface area contributed by atoms with Gasteiger partial charge < -0.3 is 18.9 Å². The van der Waals surface area contributed by atoms with E-state index in [9.17, 15) is 4.79 Å². The molecule has 1 aliphatic heterocycles. The van der Waals surface area contributed by atoms with Gasteiger partial charge in [-0.1, -0.05) is 12.1 Å². The SMILES string of the molecule is CCOc1ccccc1C(=O)Oc1ccc2c(c1)OCO2. The minimum atomic E-state index is -0.474. The molecule has 108 valence electrons. The molecule has 0 unspecified atom stereocenters. The molecule has 0 bridgehead atoms. The third-order valence-corrected chi connectivity index (χ3v) is 2.96. The lowest BCUT2D eigenvalue weighted by molar-refractivity contribution is 0.0730. The van der Waals surface area contributed by atoms with Crippen molar-refractivity contribution in [1.29, 1.82) is 0 Å². The van der Waals surface area contributed by atoms with E-state index in [2.05, 4.69) is 0 Å². The Morgan fingerprint density at radius 1 is 1.14 bits per heavy atom. The molecule has 0 amide bonds. The zero-order chi connectivity index (χ0) is 14.7. The van der Waals surface area contributed by atoms with Crippen LogP contribution in [0.2, 0.25) is 0 Å². The van der Waals surface area contributed by atoms with Crippen LogP contribution in [0.25, 0.3) is 0 Å². The second-order valence-corrected chi connectivity index (χ2v) is 4.33. The van der Waals surface area contributed by atoms with Crippen LogP contribution in [0.5, 0.6) is 23.0 Å². The molecule has 5 heteroatoms. The van der Waals surface area contributed by atoms with Crippen LogP contribution in [-0.2, 0) is 0 Å². The summed E-state index contributed by atoms with van der Waals surface area (Å²) in [4.78, 5) is 12.2. The monoisotopic (exact) mass is 286 g/mol. The molecule has 0 saturated carbocycles. The van der Waals surface area contributed by atoms with E-state index in [1.165, 1.54) is 0 Å². The largest absolute Gasteiger partial charge is 0.493 e. The predicted octanol–water partition coefficient (Wildman–Crippen LogP) is 3.03. The highest BCUT2D eigenvalue weighted by Crippen LogP contribution is 2.35. The van der Waals surface area contributed by atoms with Crippen molar-refractivity contribution in [3.05, 3.63) is 48.0 Å². The van der Waals surface area contributed by atoms with Crippen molar-refractivity contribution in [2.24, 2.45) is 0 Å². The molecule has 0 spiro atoms. The molecule has 0 saturated heterocycles. The molecule has 2 aromatic carbocycles. The lowest BCUT2D eigenvalue weighted by Gasteiger charge is -2.09. The summed E-state index contributed by atoms with van der Waals surface area (Å²) in [7, 11) is 0. The van der Waals surface area contributed by atoms with E-state index in [1.807, 2.05) is 13.0 Å². The van der Waals surface area contributed by atoms with Crippen molar-refractivity contribution in [1.82, 2.24) is 0 Å². The van der Waals surface area contributed by atoms with Crippen molar-refractivity contribution >= 4 is 5.97 Å². The standard InChI is InChI=1S/C16H14O5/c1-2-18-13-6-4-3-5-12(13)16(17)21-11-7-8-14-15(9-11)20-10-19-14/h3-9H,2,10H2,1H3. The first kappa shape index (κ1) is 13.3. The topological polar surface area (TPSA) is 54.0 Å². The van der Waals surface area contributed by atoms with Crippen LogP contribution >= 0.6 is 0 Å². The molecule has 0 radical (unpaired) electrons. The van der Waals surface area contributed by atoms with Gasteiger partial charge >= 0.3 is 5.97 Å². The van der Waals surface area contributed by atoms with Crippen molar-refractivity contribution in [3.63, 3.8) is 0 Å². The van der Waals surface area contributed by atoms with Gasteiger partial charge in [0, 0.05) is 6.07 Å². The number of carbonyl (C=O) groups is 1. The van der Waals surface area contributed by atoms with Crippen molar-refractivity contribution < 1.29 is 23.7 Å². The maximum absolute atomic E-state index is 12.2. The van der Waals surface area contributed by atoms with Crippen molar-refractivity contribution in [2.45, 2.75) is 6.92 Å². The second kappa shape index (κ2) is 5.75. The molecule has 0 aliphatic carbocycles. The van der Waals surface area contributed by atoms with E-state index < -0.39 is 5.97 Å². The zero-order valence-electron chi connectivity index (χ0n) is 11.5. The molecule has 2 aromatic rings. The van der Waals surface area contributed by atoms with E-state index in [0.29, 0.717) is 35.2 Å². The van der Waals surface area contributed by atoms with Crippen LogP contribution in [0.4, 0.5) is 0 Å². The van der Waals surface area contributed by atoms with Gasteiger partial charge in [0.05, 0.1) is 6.61 Å². The minimum absolute atomic E-state index is 0.180. The van der Waals surface area contributed by atoms with Gasteiger partial charge in [-0.15, -0.1) is 0 Å². The van der Waals surface area contributed by atoms with Crippen LogP contribution in [0.15, 0.2) is 42.5 Å². The molecular formula is C16H14O5. The van der Waals surface area contributed by atoms with Gasteiger partial charge in [-0.2, -0.15) is 0 Å². The smallest absolute Gasteiger partial charge is 0.347 e. The first-order valence-corrected chi connectivity index (χ1v) is 6.61. The molecule has 21 heavy (non-hydrogen) atoms. The summed E-state index contributed by atoms with van der Waals surface area (Å²) < 4.78 is 21.2. The Morgan fingerprint density at radius 3 is 2.81 bits per heavy atom. The molecule has 0 fully saturated rings. The van der Waals surface area contributed by atoms with Crippen molar-refractivity contribution in [3.8, 4) is 23.0 Å². The van der Waals surface area contributed by atoms with Crippen LogP contribution in [0.3, 0.4) is 0 Å². The lowest BCUT2D eigenvalue weighted by Crippen LogP contribution is -2.10. The highest BCUT2D eigenvalue weighted by molar-refractivity contribution is 5.94. The van der Waals surface area contributed by atoms with Gasteiger partial charge in [0.25, 0.3) is 0 Å². The molecular weight excluding hydrogens is 272 g/mol. The first-order chi connectivity index (χ1) is 10.3. The number of esters is 1. The van der Waals surface area contributed by atoms with Crippen LogP contribution in [-0.4, -0.2) is 19.4 Å². The van der Waals surface area contributed by atoms with E-state index in [1.54, 1.807) is 36.4 Å². The van der Waals surface area contributed by atoms with Gasteiger partial charge in [0.15, 0.2) is 11.5 Å². The molecule has 3 rings (SSSR count). The highest BCUT2D eigenvalue weighted by atomic mass is 16.7. The number of para-hydroxylation sites is 1. The summed E-state index contributed by atoms with van der Waals surface area (Å²) in [5.74, 6) is 1.64. The number of hydrogen-bond donors (Lipinski definition) is 0. The van der Waals surface area contributed by atoms with Crippen molar-refractivity contribution in [2.75, 3.05) is 13.4 Å². The highest BCUT2D eigenvalue weighted by Gasteiger charge is 2.17. The van der Waals surface area contributed by atoms with E-state index >= 15 is 0 Å². The van der Waals surface area contributed by atoms with Gasteiger partial charge in [0.1, 0.15) is 17.1 Å². The molecule has 0 aromatic heterocycles. The van der Waals surface area contributed by atoms with Crippen LogP contribution in [0.1, 0.15) is 17.3 Å². The Hall–Kier alpha value is -2.69. The number of benzene rings is 2. The molecule has 1 aliphatic rings. The first-order valence-electron chi connectivity index (χ1n) is 6.61. The van der Waals surface area contributed by atoms with Gasteiger partial charge in [-0.25, -0.2) is 4.79 Å². The summed E-state index contributed by atoms with van der Waals surface area (Å²) in [6, 6.07) is 12.0. The Morgan fingerprint density at radius 2 is 1.95 bits per heavy atom. The fourth-order valence-electron chi connectivity index (χ4n) is 2.02. The maximum atomic E-state index is 12.2. The maximum Gasteiger partial charge on any atom is 0.347 e. The summed E-state index contributed by atoms with van der Waals surface area (Å²) in [6.45, 7) is 2.52. The molecule has 5 nitrogen and oxygen atoms in total. The lowest BCUT2D eigenvalue weighted by atomic mass is 10.2. The number of ether oxygens (including phenoxy) is 4. The van der Waals surface area contributed by atoms with Crippen LogP contribution in [0, 0.1) is 0 Å². The quantitative estimate of drug-likeness (QED) is 0.638. The molecule has 1 heterocycles. The Kier molecular flexibility index (Phi) is 3.64. The number of fused-ring (bicyclic) bond motifs is 1. The Labute approximate surface area is 122 Å². The number of rotatable bonds is 4. The summed E-state index contributed by atoms with van der Waals surface area (Å²) in [5, 5.41) is 0. The summed E-state index contributed by atoms with van der Waals surface area (Å²) >= 11 is 0. The minimum Gasteiger partial charge on any atom is -0.493 e. The zero-order valence-corrected chi connectivity index (χ0v) is 11.5. The molecule has 0 N–H and O–H groups in total. The fourth-order valence-corrected chi connectivity index (χ4v) is 2.02. The molecule has 0 atom stereocenters. The third kappa shape index (κ3) is 2.76. The van der Waals surface area contributed by atoms with E-state index in [-0.39, 0.29) is 6.79 Å². The van der Waals surface area contributed by atoms with E-state index in [0.717, 1.165) is 0 Å². The van der Waals surface area contributed by atoms with Crippen LogP contribution < -0.4 is 18.9 Å². The summed E-state index contributed by atoms with van der Waals surface area (Å²) in [6.07, 6.45) is 0.